The zero-order valence-corrected chi connectivity index (χ0v) is 10.9. The summed E-state index contributed by atoms with van der Waals surface area (Å²) < 4.78 is 4.97. The van der Waals surface area contributed by atoms with E-state index in [-0.39, 0.29) is 5.54 Å². The predicted molar refractivity (Wildman–Crippen MR) is 68.2 cm³/mol. The fourth-order valence-corrected chi connectivity index (χ4v) is 1.21. The zero-order chi connectivity index (χ0) is 12.7. The van der Waals surface area contributed by atoms with Gasteiger partial charge in [-0.1, -0.05) is 0 Å². The third-order valence-electron chi connectivity index (χ3n) is 1.88. The summed E-state index contributed by atoms with van der Waals surface area (Å²) in [6.45, 7) is 7.69. The third-order valence-corrected chi connectivity index (χ3v) is 1.88. The Kier molecular flexibility index (Phi) is 5.09. The molecule has 0 saturated heterocycles. The first kappa shape index (κ1) is 13.6. The molecular formula is C11H21N5O. The lowest BCUT2D eigenvalue weighted by Gasteiger charge is -2.20. The molecule has 0 fully saturated rings. The van der Waals surface area contributed by atoms with E-state index in [1.54, 1.807) is 13.3 Å². The Balaban J connectivity index is 2.48. The number of rotatable bonds is 6. The van der Waals surface area contributed by atoms with Gasteiger partial charge in [-0.05, 0) is 27.2 Å². The molecule has 96 valence electrons. The van der Waals surface area contributed by atoms with Crippen LogP contribution < -0.4 is 10.6 Å². The largest absolute Gasteiger partial charge is 0.385 e. The van der Waals surface area contributed by atoms with E-state index >= 15 is 0 Å². The van der Waals surface area contributed by atoms with E-state index in [1.807, 2.05) is 0 Å². The van der Waals surface area contributed by atoms with Gasteiger partial charge in [0.1, 0.15) is 0 Å². The van der Waals surface area contributed by atoms with Crippen molar-refractivity contribution in [3.63, 3.8) is 0 Å². The fourth-order valence-electron chi connectivity index (χ4n) is 1.21. The van der Waals surface area contributed by atoms with Crippen molar-refractivity contribution in [2.24, 2.45) is 0 Å². The molecule has 1 aromatic rings. The van der Waals surface area contributed by atoms with Crippen LogP contribution in [0.25, 0.3) is 0 Å². The quantitative estimate of drug-likeness (QED) is 0.733. The van der Waals surface area contributed by atoms with Crippen LogP contribution in [0, 0.1) is 0 Å². The monoisotopic (exact) mass is 239 g/mol. The molecule has 1 aromatic heterocycles. The second-order valence-corrected chi connectivity index (χ2v) is 4.81. The smallest absolute Gasteiger partial charge is 0.245 e. The lowest BCUT2D eigenvalue weighted by molar-refractivity contribution is 0.197. The van der Waals surface area contributed by atoms with Crippen molar-refractivity contribution in [3.8, 4) is 0 Å². The van der Waals surface area contributed by atoms with Gasteiger partial charge in [-0.2, -0.15) is 10.1 Å². The molecule has 17 heavy (non-hydrogen) atoms. The molecule has 6 nitrogen and oxygen atoms in total. The SMILES string of the molecule is COCCCNc1cnnc(NC(C)(C)C)n1. The van der Waals surface area contributed by atoms with E-state index in [1.165, 1.54) is 0 Å². The Morgan fingerprint density at radius 2 is 2.12 bits per heavy atom. The first-order chi connectivity index (χ1) is 8.01. The standard InChI is InChI=1S/C11H21N5O/c1-11(2,3)15-10-14-9(8-13-16-10)12-6-5-7-17-4/h8H,5-7H2,1-4H3,(H2,12,14,15,16). The van der Waals surface area contributed by atoms with Crippen molar-refractivity contribution in [3.05, 3.63) is 6.20 Å². The molecule has 0 saturated carbocycles. The van der Waals surface area contributed by atoms with Crippen molar-refractivity contribution in [1.29, 1.82) is 0 Å². The predicted octanol–water partition coefficient (Wildman–Crippen LogP) is 1.53. The van der Waals surface area contributed by atoms with E-state index in [2.05, 4.69) is 46.6 Å². The third kappa shape index (κ3) is 6.01. The molecule has 0 atom stereocenters. The fraction of sp³-hybridized carbons (Fsp3) is 0.727. The summed E-state index contributed by atoms with van der Waals surface area (Å²) in [6.07, 6.45) is 2.54. The van der Waals surface area contributed by atoms with Crippen LogP contribution in [0.3, 0.4) is 0 Å². The summed E-state index contributed by atoms with van der Waals surface area (Å²) >= 11 is 0. The molecule has 0 aliphatic rings. The van der Waals surface area contributed by atoms with Crippen LogP contribution in [0.2, 0.25) is 0 Å². The Labute approximate surface area is 102 Å². The van der Waals surface area contributed by atoms with E-state index in [4.69, 9.17) is 4.74 Å². The van der Waals surface area contributed by atoms with Crippen LogP contribution in [0.4, 0.5) is 11.8 Å². The second-order valence-electron chi connectivity index (χ2n) is 4.81. The number of aromatic nitrogens is 3. The van der Waals surface area contributed by atoms with Crippen LogP contribution in [-0.4, -0.2) is 41.0 Å². The van der Waals surface area contributed by atoms with Crippen molar-refractivity contribution >= 4 is 11.8 Å². The summed E-state index contributed by atoms with van der Waals surface area (Å²) in [5.41, 5.74) is -0.0731. The van der Waals surface area contributed by atoms with Crippen molar-refractivity contribution < 1.29 is 4.74 Å². The molecule has 0 unspecified atom stereocenters. The van der Waals surface area contributed by atoms with E-state index in [0.717, 1.165) is 25.4 Å². The molecule has 0 bridgehead atoms. The highest BCUT2D eigenvalue weighted by Crippen LogP contribution is 2.10. The van der Waals surface area contributed by atoms with Crippen molar-refractivity contribution in [2.45, 2.75) is 32.7 Å². The Hall–Kier alpha value is -1.43. The lowest BCUT2D eigenvalue weighted by atomic mass is 10.1. The van der Waals surface area contributed by atoms with Gasteiger partial charge in [-0.3, -0.25) is 0 Å². The highest BCUT2D eigenvalue weighted by molar-refractivity contribution is 5.37. The molecule has 0 aliphatic heterocycles. The van der Waals surface area contributed by atoms with Crippen LogP contribution in [0.5, 0.6) is 0 Å². The van der Waals surface area contributed by atoms with E-state index < -0.39 is 0 Å². The van der Waals surface area contributed by atoms with Gasteiger partial charge in [0.25, 0.3) is 0 Å². The molecule has 2 N–H and O–H groups in total. The summed E-state index contributed by atoms with van der Waals surface area (Å²) in [5, 5.41) is 14.2. The van der Waals surface area contributed by atoms with Gasteiger partial charge in [-0.15, -0.1) is 5.10 Å². The Morgan fingerprint density at radius 3 is 2.76 bits per heavy atom. The maximum atomic E-state index is 4.97. The topological polar surface area (TPSA) is 72.0 Å². The van der Waals surface area contributed by atoms with Gasteiger partial charge >= 0.3 is 0 Å². The van der Waals surface area contributed by atoms with Crippen molar-refractivity contribution in [1.82, 2.24) is 15.2 Å². The lowest BCUT2D eigenvalue weighted by Crippen LogP contribution is -2.27. The molecule has 0 spiro atoms. The van der Waals surface area contributed by atoms with Gasteiger partial charge in [0.2, 0.25) is 5.95 Å². The number of nitrogens with zero attached hydrogens (tertiary/aromatic N) is 3. The summed E-state index contributed by atoms with van der Waals surface area (Å²) in [6, 6.07) is 0. The highest BCUT2D eigenvalue weighted by Gasteiger charge is 2.11. The van der Waals surface area contributed by atoms with Gasteiger partial charge in [0, 0.05) is 25.8 Å². The molecular weight excluding hydrogens is 218 g/mol. The Bertz CT molecular complexity index is 337. The molecule has 0 aromatic carbocycles. The Morgan fingerprint density at radius 1 is 1.35 bits per heavy atom. The number of hydrogen-bond donors (Lipinski definition) is 2. The molecule has 0 aliphatic carbocycles. The summed E-state index contributed by atoms with van der Waals surface area (Å²) in [4.78, 5) is 4.32. The molecule has 1 rings (SSSR count). The van der Waals surface area contributed by atoms with Crippen LogP contribution >= 0.6 is 0 Å². The average Bonchev–Trinajstić information content (AvgIpc) is 2.23. The minimum absolute atomic E-state index is 0.0731. The first-order valence-corrected chi connectivity index (χ1v) is 5.72. The summed E-state index contributed by atoms with van der Waals surface area (Å²) in [5.74, 6) is 1.26. The van der Waals surface area contributed by atoms with E-state index in [9.17, 15) is 0 Å². The molecule has 0 radical (unpaired) electrons. The number of nitrogens with one attached hydrogen (secondary N) is 2. The van der Waals surface area contributed by atoms with Crippen molar-refractivity contribution in [2.75, 3.05) is 30.9 Å². The number of ether oxygens (including phenoxy) is 1. The highest BCUT2D eigenvalue weighted by atomic mass is 16.5. The average molecular weight is 239 g/mol. The van der Waals surface area contributed by atoms with E-state index in [0.29, 0.717) is 5.95 Å². The van der Waals surface area contributed by atoms with Gasteiger partial charge in [0.15, 0.2) is 5.82 Å². The molecule has 0 amide bonds. The van der Waals surface area contributed by atoms with Crippen LogP contribution in [0.15, 0.2) is 6.20 Å². The number of hydrogen-bond acceptors (Lipinski definition) is 6. The maximum Gasteiger partial charge on any atom is 0.245 e. The van der Waals surface area contributed by atoms with Gasteiger partial charge in [-0.25, -0.2) is 0 Å². The van der Waals surface area contributed by atoms with Crippen LogP contribution in [0.1, 0.15) is 27.2 Å². The second kappa shape index (κ2) is 6.34. The summed E-state index contributed by atoms with van der Waals surface area (Å²) in [7, 11) is 1.69. The maximum absolute atomic E-state index is 4.97. The van der Waals surface area contributed by atoms with Gasteiger partial charge < -0.3 is 15.4 Å². The minimum Gasteiger partial charge on any atom is -0.385 e. The molecule has 1 heterocycles. The minimum atomic E-state index is -0.0731. The van der Waals surface area contributed by atoms with Crippen LogP contribution in [-0.2, 0) is 4.74 Å². The first-order valence-electron chi connectivity index (χ1n) is 5.72. The molecule has 6 heteroatoms. The zero-order valence-electron chi connectivity index (χ0n) is 10.9. The normalized spacial score (nSPS) is 11.3. The number of methoxy groups -OCH3 is 1. The number of anilines is 2. The van der Waals surface area contributed by atoms with Gasteiger partial charge in [0.05, 0.1) is 6.20 Å².